The summed E-state index contributed by atoms with van der Waals surface area (Å²) in [6, 6.07) is 15.6. The number of hydrogen-bond acceptors (Lipinski definition) is 5. The molecule has 0 radical (unpaired) electrons. The Morgan fingerprint density at radius 2 is 1.76 bits per heavy atom. The molecule has 2 heterocycles. The summed E-state index contributed by atoms with van der Waals surface area (Å²) < 4.78 is 29.3. The number of anilines is 1. The monoisotopic (exact) mass is 457 g/mol. The number of nitrogens with zero attached hydrogens (tertiary/aromatic N) is 2. The van der Waals surface area contributed by atoms with E-state index in [0.717, 1.165) is 5.39 Å². The number of rotatable bonds is 4. The van der Waals surface area contributed by atoms with E-state index in [0.29, 0.717) is 33.5 Å². The van der Waals surface area contributed by atoms with Gasteiger partial charge in [-0.1, -0.05) is 42.2 Å². The summed E-state index contributed by atoms with van der Waals surface area (Å²) in [5.41, 5.74) is 2.74. The fraction of sp³-hybridized carbons (Fsp3) is 0.0800. The predicted octanol–water partition coefficient (Wildman–Crippen LogP) is 4.15. The molecule has 8 heteroatoms. The maximum Gasteiger partial charge on any atom is 0.354 e. The van der Waals surface area contributed by atoms with Crippen molar-refractivity contribution >= 4 is 32.6 Å². The third-order valence-electron chi connectivity index (χ3n) is 4.99. The maximum atomic E-state index is 13.3. The van der Waals surface area contributed by atoms with E-state index in [1.54, 1.807) is 62.5 Å². The molecule has 0 unspecified atom stereocenters. The minimum absolute atomic E-state index is 0.0345. The second-order valence-electron chi connectivity index (χ2n) is 7.38. The first-order chi connectivity index (χ1) is 15.8. The fourth-order valence-corrected chi connectivity index (χ4v) is 4.93. The molecular formula is C25H19N3O4S. The maximum absolute atomic E-state index is 13.3. The lowest BCUT2D eigenvalue weighted by Gasteiger charge is -2.13. The molecule has 0 aliphatic carbocycles. The Morgan fingerprint density at radius 1 is 0.970 bits per heavy atom. The quantitative estimate of drug-likeness (QED) is 0.446. The van der Waals surface area contributed by atoms with E-state index in [2.05, 4.69) is 26.5 Å². The first-order valence-corrected chi connectivity index (χ1v) is 11.4. The van der Waals surface area contributed by atoms with Gasteiger partial charge in [0, 0.05) is 28.9 Å². The van der Waals surface area contributed by atoms with Gasteiger partial charge in [-0.25, -0.2) is 18.2 Å². The summed E-state index contributed by atoms with van der Waals surface area (Å²) in [4.78, 5) is 19.5. The first kappa shape index (κ1) is 22.0. The number of hydrogen-bond donors (Lipinski definition) is 2. The standard InChI is InChI=1S/C25H19N3O4S/c1-16-9-11-20-7-5-13-26-23(20)24(16)33(31,32)28-21-8-4-3-6-19(21)12-10-18-14-17(2)22(25(29)30)27-15-18/h3-9,11,13-15,28H,1-2H3,(H,29,30). The third kappa shape index (κ3) is 4.54. The van der Waals surface area contributed by atoms with Crippen LogP contribution in [0.2, 0.25) is 0 Å². The number of sulfonamides is 1. The van der Waals surface area contributed by atoms with Crippen LogP contribution in [0.25, 0.3) is 10.9 Å². The Balaban J connectivity index is 1.72. The lowest BCUT2D eigenvalue weighted by atomic mass is 10.1. The third-order valence-corrected chi connectivity index (χ3v) is 6.53. The zero-order chi connectivity index (χ0) is 23.6. The molecule has 0 saturated carbocycles. The first-order valence-electron chi connectivity index (χ1n) is 9.94. The molecule has 2 N–H and O–H groups in total. The van der Waals surface area contributed by atoms with Gasteiger partial charge in [0.15, 0.2) is 5.69 Å². The van der Waals surface area contributed by atoms with Gasteiger partial charge in [-0.05, 0) is 49.2 Å². The Bertz CT molecular complexity index is 1570. The number of carbonyl (C=O) groups is 1. The van der Waals surface area contributed by atoms with E-state index < -0.39 is 16.0 Å². The van der Waals surface area contributed by atoms with Crippen molar-refractivity contribution in [1.82, 2.24) is 9.97 Å². The molecule has 2 aromatic carbocycles. The van der Waals surface area contributed by atoms with E-state index in [-0.39, 0.29) is 10.6 Å². The predicted molar refractivity (Wildman–Crippen MR) is 126 cm³/mol. The summed E-state index contributed by atoms with van der Waals surface area (Å²) in [6.45, 7) is 3.37. The molecule has 2 aromatic heterocycles. The van der Waals surface area contributed by atoms with Gasteiger partial charge in [0.25, 0.3) is 10.0 Å². The number of aromatic nitrogens is 2. The van der Waals surface area contributed by atoms with Gasteiger partial charge in [0.05, 0.1) is 11.2 Å². The van der Waals surface area contributed by atoms with E-state index in [9.17, 15) is 13.2 Å². The Morgan fingerprint density at radius 3 is 2.52 bits per heavy atom. The molecule has 33 heavy (non-hydrogen) atoms. The molecule has 0 spiro atoms. The van der Waals surface area contributed by atoms with Crippen LogP contribution in [0.15, 0.2) is 71.9 Å². The van der Waals surface area contributed by atoms with Crippen LogP contribution in [-0.2, 0) is 10.0 Å². The van der Waals surface area contributed by atoms with Crippen LogP contribution in [0.5, 0.6) is 0 Å². The largest absolute Gasteiger partial charge is 0.477 e. The molecule has 0 saturated heterocycles. The van der Waals surface area contributed by atoms with Gasteiger partial charge in [-0.2, -0.15) is 0 Å². The van der Waals surface area contributed by atoms with Crippen LogP contribution < -0.4 is 4.72 Å². The number of fused-ring (bicyclic) bond motifs is 1. The minimum atomic E-state index is -3.96. The van der Waals surface area contributed by atoms with Crippen LogP contribution >= 0.6 is 0 Å². The molecular weight excluding hydrogens is 438 g/mol. The summed E-state index contributed by atoms with van der Waals surface area (Å²) in [5, 5.41) is 9.85. The average molecular weight is 458 g/mol. The Labute approximate surface area is 191 Å². The van der Waals surface area contributed by atoms with Crippen molar-refractivity contribution in [3.63, 3.8) is 0 Å². The minimum Gasteiger partial charge on any atom is -0.477 e. The second kappa shape index (κ2) is 8.73. The van der Waals surface area contributed by atoms with Crippen molar-refractivity contribution in [2.75, 3.05) is 4.72 Å². The lowest BCUT2D eigenvalue weighted by molar-refractivity contribution is 0.0689. The van der Waals surface area contributed by atoms with Crippen molar-refractivity contribution in [1.29, 1.82) is 0 Å². The highest BCUT2D eigenvalue weighted by molar-refractivity contribution is 7.93. The Kier molecular flexibility index (Phi) is 5.82. The van der Waals surface area contributed by atoms with Crippen molar-refractivity contribution in [2.45, 2.75) is 18.7 Å². The second-order valence-corrected chi connectivity index (χ2v) is 9.00. The molecule has 4 aromatic rings. The molecule has 0 aliphatic heterocycles. The van der Waals surface area contributed by atoms with E-state index in [4.69, 9.17) is 5.11 Å². The SMILES string of the molecule is Cc1cc(C#Cc2ccccc2NS(=O)(=O)c2c(C)ccc3cccnc23)cnc1C(=O)O. The number of aromatic carboxylic acids is 1. The number of carboxylic acid groups (broad SMARTS) is 1. The smallest absolute Gasteiger partial charge is 0.354 e. The number of carboxylic acids is 1. The number of nitrogens with one attached hydrogen (secondary N) is 1. The summed E-state index contributed by atoms with van der Waals surface area (Å²) in [5.74, 6) is 4.77. The summed E-state index contributed by atoms with van der Waals surface area (Å²) in [7, 11) is -3.96. The van der Waals surface area contributed by atoms with Crippen LogP contribution in [0.3, 0.4) is 0 Å². The number of benzene rings is 2. The summed E-state index contributed by atoms with van der Waals surface area (Å²) >= 11 is 0. The molecule has 0 bridgehead atoms. The van der Waals surface area contributed by atoms with Gasteiger partial charge >= 0.3 is 5.97 Å². The molecule has 0 fully saturated rings. The summed E-state index contributed by atoms with van der Waals surface area (Å²) in [6.07, 6.45) is 2.94. The van der Waals surface area contributed by atoms with E-state index in [1.165, 1.54) is 6.20 Å². The molecule has 4 rings (SSSR count). The van der Waals surface area contributed by atoms with Crippen molar-refractivity contribution < 1.29 is 18.3 Å². The van der Waals surface area contributed by atoms with Crippen LogP contribution in [0.1, 0.15) is 32.7 Å². The zero-order valence-corrected chi connectivity index (χ0v) is 18.6. The average Bonchev–Trinajstić information content (AvgIpc) is 2.77. The number of aryl methyl sites for hydroxylation is 2. The fourth-order valence-electron chi connectivity index (χ4n) is 3.44. The Hall–Kier alpha value is -4.22. The molecule has 164 valence electrons. The van der Waals surface area contributed by atoms with E-state index in [1.807, 2.05) is 12.1 Å². The van der Waals surface area contributed by atoms with Gasteiger partial charge < -0.3 is 5.11 Å². The van der Waals surface area contributed by atoms with Crippen LogP contribution in [-0.4, -0.2) is 29.5 Å². The van der Waals surface area contributed by atoms with Gasteiger partial charge in [-0.15, -0.1) is 0 Å². The topological polar surface area (TPSA) is 109 Å². The molecule has 0 atom stereocenters. The highest BCUT2D eigenvalue weighted by Crippen LogP contribution is 2.27. The van der Waals surface area contributed by atoms with Gasteiger partial charge in [0.2, 0.25) is 0 Å². The van der Waals surface area contributed by atoms with Crippen LogP contribution in [0, 0.1) is 25.7 Å². The van der Waals surface area contributed by atoms with Gasteiger partial charge in [0.1, 0.15) is 4.90 Å². The normalized spacial score (nSPS) is 11.0. The highest BCUT2D eigenvalue weighted by atomic mass is 32.2. The van der Waals surface area contributed by atoms with Crippen molar-refractivity contribution in [3.05, 3.63) is 94.9 Å². The molecule has 7 nitrogen and oxygen atoms in total. The van der Waals surface area contributed by atoms with Crippen LogP contribution in [0.4, 0.5) is 5.69 Å². The number of pyridine rings is 2. The molecule has 0 amide bonds. The highest BCUT2D eigenvalue weighted by Gasteiger charge is 2.22. The van der Waals surface area contributed by atoms with Gasteiger partial charge in [-0.3, -0.25) is 9.71 Å². The molecule has 0 aliphatic rings. The van der Waals surface area contributed by atoms with Crippen molar-refractivity contribution in [3.8, 4) is 11.8 Å². The lowest BCUT2D eigenvalue weighted by Crippen LogP contribution is -2.16. The number of para-hydroxylation sites is 1. The zero-order valence-electron chi connectivity index (χ0n) is 17.8. The van der Waals surface area contributed by atoms with E-state index >= 15 is 0 Å². The van der Waals surface area contributed by atoms with Crippen molar-refractivity contribution in [2.24, 2.45) is 0 Å².